The molecule has 1 rings (SSSR count). The Morgan fingerprint density at radius 2 is 2.16 bits per heavy atom. The molecular formula is C14H23N3O2. The zero-order chi connectivity index (χ0) is 14.3. The van der Waals surface area contributed by atoms with Gasteiger partial charge in [0.2, 0.25) is 5.91 Å². The fourth-order valence-electron chi connectivity index (χ4n) is 1.89. The van der Waals surface area contributed by atoms with Gasteiger partial charge in [0.05, 0.1) is 13.2 Å². The van der Waals surface area contributed by atoms with Gasteiger partial charge in [-0.05, 0) is 30.7 Å². The topological polar surface area (TPSA) is 78.6 Å². The first-order valence-electron chi connectivity index (χ1n) is 6.62. The minimum Gasteiger partial charge on any atom is -0.398 e. The number of likely N-dealkylation sites (N-methyl/N-ethyl adjacent to an activating group) is 1. The van der Waals surface area contributed by atoms with Crippen molar-refractivity contribution >= 4 is 17.3 Å². The van der Waals surface area contributed by atoms with Gasteiger partial charge in [0, 0.05) is 17.9 Å². The molecule has 4 N–H and O–H groups in total. The number of nitrogens with two attached hydrogens (primary N) is 1. The number of nitrogen functional groups attached to an aromatic ring is 1. The van der Waals surface area contributed by atoms with E-state index in [9.17, 15) is 4.79 Å². The molecule has 0 unspecified atom stereocenters. The predicted octanol–water partition coefficient (Wildman–Crippen LogP) is 1.08. The summed E-state index contributed by atoms with van der Waals surface area (Å²) in [6.07, 6.45) is 0.875. The average Bonchev–Trinajstić information content (AvgIpc) is 2.38. The molecule has 0 aliphatic heterocycles. The summed E-state index contributed by atoms with van der Waals surface area (Å²) >= 11 is 0. The highest BCUT2D eigenvalue weighted by Crippen LogP contribution is 2.18. The van der Waals surface area contributed by atoms with Crippen LogP contribution in [0.2, 0.25) is 0 Å². The number of aryl methyl sites for hydroxylation is 1. The van der Waals surface area contributed by atoms with E-state index in [0.717, 1.165) is 18.5 Å². The summed E-state index contributed by atoms with van der Waals surface area (Å²) in [7, 11) is 0. The Hall–Kier alpha value is -1.59. The van der Waals surface area contributed by atoms with Crippen LogP contribution in [0, 0.1) is 0 Å². The van der Waals surface area contributed by atoms with E-state index in [1.54, 1.807) is 6.07 Å². The van der Waals surface area contributed by atoms with Gasteiger partial charge in [0.25, 0.3) is 0 Å². The molecular weight excluding hydrogens is 242 g/mol. The Morgan fingerprint density at radius 3 is 2.68 bits per heavy atom. The van der Waals surface area contributed by atoms with Crippen LogP contribution < -0.4 is 11.1 Å². The Kier molecular flexibility index (Phi) is 6.32. The van der Waals surface area contributed by atoms with Gasteiger partial charge in [-0.25, -0.2) is 0 Å². The number of amides is 1. The molecule has 0 radical (unpaired) electrons. The first-order chi connectivity index (χ1) is 9.10. The molecule has 0 aliphatic rings. The minimum absolute atomic E-state index is 0.0548. The highest BCUT2D eigenvalue weighted by molar-refractivity contribution is 5.92. The van der Waals surface area contributed by atoms with Crippen LogP contribution in [0.1, 0.15) is 19.4 Å². The van der Waals surface area contributed by atoms with E-state index in [1.165, 1.54) is 0 Å². The van der Waals surface area contributed by atoms with E-state index < -0.39 is 0 Å². The van der Waals surface area contributed by atoms with Crippen molar-refractivity contribution in [1.82, 2.24) is 4.90 Å². The zero-order valence-electron chi connectivity index (χ0n) is 11.6. The highest BCUT2D eigenvalue weighted by Gasteiger charge is 2.09. The van der Waals surface area contributed by atoms with Gasteiger partial charge < -0.3 is 16.2 Å². The maximum atomic E-state index is 11.8. The fraction of sp³-hybridized carbons (Fsp3) is 0.500. The van der Waals surface area contributed by atoms with Crippen LogP contribution in [0.25, 0.3) is 0 Å². The molecule has 106 valence electrons. The third kappa shape index (κ3) is 4.89. The number of nitrogens with zero attached hydrogens (tertiary/aromatic N) is 1. The first kappa shape index (κ1) is 15.5. The molecule has 19 heavy (non-hydrogen) atoms. The average molecular weight is 265 g/mol. The standard InChI is InChI=1S/C14H23N3O2/c1-3-11-5-6-12(9-13(11)15)16-14(19)10-17(4-2)7-8-18/h5-6,9,18H,3-4,7-8,10,15H2,1-2H3,(H,16,19). The first-order valence-corrected chi connectivity index (χ1v) is 6.62. The molecule has 1 aromatic carbocycles. The number of nitrogens with one attached hydrogen (secondary N) is 1. The van der Waals surface area contributed by atoms with Gasteiger partial charge in [-0.15, -0.1) is 0 Å². The van der Waals surface area contributed by atoms with Gasteiger partial charge in [0.15, 0.2) is 0 Å². The van der Waals surface area contributed by atoms with Crippen LogP contribution in [0.3, 0.4) is 0 Å². The molecule has 0 bridgehead atoms. The third-order valence-corrected chi connectivity index (χ3v) is 3.04. The molecule has 0 spiro atoms. The second kappa shape index (κ2) is 7.76. The van der Waals surface area contributed by atoms with Crippen molar-refractivity contribution in [3.63, 3.8) is 0 Å². The largest absolute Gasteiger partial charge is 0.398 e. The van der Waals surface area contributed by atoms with Crippen LogP contribution in [0.15, 0.2) is 18.2 Å². The Labute approximate surface area is 114 Å². The van der Waals surface area contributed by atoms with Crippen LogP contribution in [-0.2, 0) is 11.2 Å². The molecule has 5 nitrogen and oxygen atoms in total. The van der Waals surface area contributed by atoms with Crippen molar-refractivity contribution in [3.05, 3.63) is 23.8 Å². The number of aliphatic hydroxyl groups is 1. The molecule has 0 saturated carbocycles. The molecule has 0 fully saturated rings. The summed E-state index contributed by atoms with van der Waals surface area (Å²) < 4.78 is 0. The summed E-state index contributed by atoms with van der Waals surface area (Å²) in [4.78, 5) is 13.7. The van der Waals surface area contributed by atoms with E-state index in [1.807, 2.05) is 30.9 Å². The lowest BCUT2D eigenvalue weighted by Crippen LogP contribution is -2.35. The van der Waals surface area contributed by atoms with Crippen molar-refractivity contribution in [2.24, 2.45) is 0 Å². The van der Waals surface area contributed by atoms with Crippen LogP contribution >= 0.6 is 0 Å². The summed E-state index contributed by atoms with van der Waals surface area (Å²) in [6.45, 7) is 5.55. The van der Waals surface area contributed by atoms with Crippen molar-refractivity contribution in [2.45, 2.75) is 20.3 Å². The normalized spacial score (nSPS) is 10.7. The number of aliphatic hydroxyl groups excluding tert-OH is 1. The van der Waals surface area contributed by atoms with Gasteiger partial charge in [-0.1, -0.05) is 19.9 Å². The molecule has 1 amide bonds. The maximum absolute atomic E-state index is 11.8. The number of anilines is 2. The molecule has 5 heteroatoms. The monoisotopic (exact) mass is 265 g/mol. The lowest BCUT2D eigenvalue weighted by atomic mass is 10.1. The number of benzene rings is 1. The van der Waals surface area contributed by atoms with Crippen molar-refractivity contribution in [1.29, 1.82) is 0 Å². The number of carbonyl (C=O) groups excluding carboxylic acids is 1. The molecule has 0 atom stereocenters. The third-order valence-electron chi connectivity index (χ3n) is 3.04. The predicted molar refractivity (Wildman–Crippen MR) is 78.1 cm³/mol. The maximum Gasteiger partial charge on any atom is 0.238 e. The van der Waals surface area contributed by atoms with Crippen molar-refractivity contribution in [2.75, 3.05) is 37.3 Å². The lowest BCUT2D eigenvalue weighted by molar-refractivity contribution is -0.117. The fourth-order valence-corrected chi connectivity index (χ4v) is 1.89. The summed E-state index contributed by atoms with van der Waals surface area (Å²) in [5.41, 5.74) is 8.37. The van der Waals surface area contributed by atoms with E-state index >= 15 is 0 Å². The molecule has 1 aromatic rings. The van der Waals surface area contributed by atoms with Gasteiger partial charge in [-0.2, -0.15) is 0 Å². The summed E-state index contributed by atoms with van der Waals surface area (Å²) in [5.74, 6) is -0.0982. The van der Waals surface area contributed by atoms with Crippen LogP contribution in [-0.4, -0.2) is 42.2 Å². The Morgan fingerprint density at radius 1 is 1.42 bits per heavy atom. The van der Waals surface area contributed by atoms with E-state index in [0.29, 0.717) is 17.9 Å². The number of hydrogen-bond acceptors (Lipinski definition) is 4. The van der Waals surface area contributed by atoms with Crippen LogP contribution in [0.4, 0.5) is 11.4 Å². The Balaban J connectivity index is 2.59. The second-order valence-electron chi connectivity index (χ2n) is 4.41. The molecule has 0 heterocycles. The zero-order valence-corrected chi connectivity index (χ0v) is 11.6. The van der Waals surface area contributed by atoms with Crippen molar-refractivity contribution in [3.8, 4) is 0 Å². The number of hydrogen-bond donors (Lipinski definition) is 3. The number of carbonyl (C=O) groups is 1. The minimum atomic E-state index is -0.0982. The number of rotatable bonds is 7. The summed E-state index contributed by atoms with van der Waals surface area (Å²) in [6, 6.07) is 5.56. The molecule has 0 saturated heterocycles. The van der Waals surface area contributed by atoms with Gasteiger partial charge in [0.1, 0.15) is 0 Å². The van der Waals surface area contributed by atoms with Gasteiger partial charge in [-0.3, -0.25) is 9.69 Å². The SMILES string of the molecule is CCc1ccc(NC(=O)CN(CC)CCO)cc1N. The summed E-state index contributed by atoms with van der Waals surface area (Å²) in [5, 5.41) is 11.7. The van der Waals surface area contributed by atoms with E-state index in [4.69, 9.17) is 10.8 Å². The van der Waals surface area contributed by atoms with Gasteiger partial charge >= 0.3 is 0 Å². The molecule has 0 aromatic heterocycles. The smallest absolute Gasteiger partial charge is 0.238 e. The highest BCUT2D eigenvalue weighted by atomic mass is 16.3. The lowest BCUT2D eigenvalue weighted by Gasteiger charge is -2.18. The van der Waals surface area contributed by atoms with Crippen molar-refractivity contribution < 1.29 is 9.90 Å². The Bertz CT molecular complexity index is 421. The second-order valence-corrected chi connectivity index (χ2v) is 4.41. The quantitative estimate of drug-likeness (QED) is 0.645. The van der Waals surface area contributed by atoms with E-state index in [-0.39, 0.29) is 19.1 Å². The van der Waals surface area contributed by atoms with Crippen LogP contribution in [0.5, 0.6) is 0 Å². The van der Waals surface area contributed by atoms with E-state index in [2.05, 4.69) is 5.32 Å². The molecule has 0 aliphatic carbocycles.